The number of hydrogen-bond donors (Lipinski definition) is 2. The molecule has 0 fully saturated rings. The van der Waals surface area contributed by atoms with Gasteiger partial charge in [-0.3, -0.25) is 9.72 Å². The number of halogens is 1. The molecule has 0 atom stereocenters. The van der Waals surface area contributed by atoms with E-state index in [1.54, 1.807) is 12.1 Å². The van der Waals surface area contributed by atoms with Crippen LogP contribution in [0.5, 0.6) is 0 Å². The summed E-state index contributed by atoms with van der Waals surface area (Å²) in [5, 5.41) is 4.74. The van der Waals surface area contributed by atoms with E-state index >= 15 is 0 Å². The highest BCUT2D eigenvalue weighted by molar-refractivity contribution is 6.34. The first-order valence-electron chi connectivity index (χ1n) is 8.30. The minimum atomic E-state index is -0.591. The Morgan fingerprint density at radius 3 is 2.78 bits per heavy atom. The van der Waals surface area contributed by atoms with Crippen LogP contribution in [0, 0.1) is 6.92 Å². The largest absolute Gasteiger partial charge is 0.453 e. The van der Waals surface area contributed by atoms with Crippen LogP contribution in [-0.4, -0.2) is 22.6 Å². The molecule has 2 heterocycles. The van der Waals surface area contributed by atoms with E-state index in [-0.39, 0.29) is 0 Å². The van der Waals surface area contributed by atoms with Crippen molar-refractivity contribution in [3.05, 3.63) is 59.2 Å². The summed E-state index contributed by atoms with van der Waals surface area (Å²) in [6, 6.07) is 13.4. The van der Waals surface area contributed by atoms with Gasteiger partial charge in [0.25, 0.3) is 0 Å². The van der Waals surface area contributed by atoms with Crippen molar-refractivity contribution in [1.82, 2.24) is 9.38 Å². The summed E-state index contributed by atoms with van der Waals surface area (Å²) < 4.78 is 6.49. The molecule has 0 radical (unpaired) electrons. The van der Waals surface area contributed by atoms with E-state index in [1.807, 2.05) is 47.9 Å². The highest BCUT2D eigenvalue weighted by Crippen LogP contribution is 2.34. The Labute approximate surface area is 160 Å². The summed E-state index contributed by atoms with van der Waals surface area (Å²) >= 11 is 6.29. The van der Waals surface area contributed by atoms with Crippen LogP contribution in [0.1, 0.15) is 5.56 Å². The molecule has 2 aromatic carbocycles. The van der Waals surface area contributed by atoms with Gasteiger partial charge >= 0.3 is 6.09 Å². The second kappa shape index (κ2) is 6.48. The van der Waals surface area contributed by atoms with E-state index in [1.165, 1.54) is 7.11 Å². The predicted octanol–water partition coefficient (Wildman–Crippen LogP) is 4.88. The van der Waals surface area contributed by atoms with Crippen LogP contribution in [0.3, 0.4) is 0 Å². The van der Waals surface area contributed by atoms with Gasteiger partial charge in [-0.1, -0.05) is 35.9 Å². The Morgan fingerprint density at radius 2 is 2.04 bits per heavy atom. The smallest absolute Gasteiger partial charge is 0.411 e. The molecule has 0 aliphatic heterocycles. The van der Waals surface area contributed by atoms with Gasteiger partial charge in [0.05, 0.1) is 17.8 Å². The van der Waals surface area contributed by atoms with Gasteiger partial charge < -0.3 is 10.5 Å². The molecule has 6 nitrogen and oxygen atoms in total. The Hall–Kier alpha value is -3.25. The van der Waals surface area contributed by atoms with Crippen LogP contribution >= 0.6 is 11.6 Å². The molecule has 136 valence electrons. The van der Waals surface area contributed by atoms with Crippen LogP contribution in [0.2, 0.25) is 5.02 Å². The van der Waals surface area contributed by atoms with Gasteiger partial charge in [-0.05, 0) is 36.1 Å². The highest BCUT2D eigenvalue weighted by Gasteiger charge is 2.16. The van der Waals surface area contributed by atoms with Gasteiger partial charge in [0, 0.05) is 17.1 Å². The maximum Gasteiger partial charge on any atom is 0.411 e. The maximum absolute atomic E-state index is 11.6. The van der Waals surface area contributed by atoms with Crippen molar-refractivity contribution in [3.63, 3.8) is 0 Å². The predicted molar refractivity (Wildman–Crippen MR) is 108 cm³/mol. The number of aryl methyl sites for hydroxylation is 1. The standard InChI is InChI=1S/C20H17ClN4O2/c1-11-5-3-4-6-13(11)17-18(22)25-8-7-12-9-15(21)16(23-20(26)27-2)10-14(12)19(25)24-17/h3-10H,22H2,1-2H3,(H,23,26). The van der Waals surface area contributed by atoms with Crippen molar-refractivity contribution < 1.29 is 9.53 Å². The molecule has 4 aromatic rings. The molecule has 0 saturated carbocycles. The number of amides is 1. The lowest BCUT2D eigenvalue weighted by Crippen LogP contribution is -2.11. The summed E-state index contributed by atoms with van der Waals surface area (Å²) in [6.45, 7) is 2.02. The van der Waals surface area contributed by atoms with Crippen LogP contribution in [0.4, 0.5) is 16.3 Å². The summed E-state index contributed by atoms with van der Waals surface area (Å²) in [7, 11) is 1.30. The van der Waals surface area contributed by atoms with Crippen molar-refractivity contribution in [2.24, 2.45) is 0 Å². The van der Waals surface area contributed by atoms with Gasteiger partial charge in [0.2, 0.25) is 0 Å². The third-order valence-electron chi connectivity index (χ3n) is 4.55. The first-order valence-corrected chi connectivity index (χ1v) is 8.68. The average molecular weight is 381 g/mol. The van der Waals surface area contributed by atoms with E-state index in [2.05, 4.69) is 10.1 Å². The number of methoxy groups -OCH3 is 1. The Bertz CT molecular complexity index is 1200. The van der Waals surface area contributed by atoms with Crippen LogP contribution in [0.25, 0.3) is 27.7 Å². The fourth-order valence-electron chi connectivity index (χ4n) is 3.15. The minimum absolute atomic E-state index is 0.413. The van der Waals surface area contributed by atoms with Gasteiger partial charge in [-0.2, -0.15) is 0 Å². The van der Waals surface area contributed by atoms with Crippen LogP contribution in [0.15, 0.2) is 48.7 Å². The number of rotatable bonds is 2. The molecule has 1 amide bonds. The molecule has 0 unspecified atom stereocenters. The van der Waals surface area contributed by atoms with Gasteiger partial charge in [0.15, 0.2) is 0 Å². The molecule has 0 bridgehead atoms. The molecular formula is C20H17ClN4O2. The number of fused-ring (bicyclic) bond motifs is 3. The second-order valence-electron chi connectivity index (χ2n) is 6.21. The Balaban J connectivity index is 1.98. The average Bonchev–Trinajstić information content (AvgIpc) is 2.99. The number of nitrogens with two attached hydrogens (primary N) is 1. The van der Waals surface area contributed by atoms with Crippen molar-refractivity contribution in [2.45, 2.75) is 6.92 Å². The molecule has 2 aromatic heterocycles. The normalized spacial score (nSPS) is 11.1. The van der Waals surface area contributed by atoms with E-state index in [0.29, 0.717) is 22.2 Å². The van der Waals surface area contributed by atoms with Gasteiger partial charge in [-0.15, -0.1) is 0 Å². The monoisotopic (exact) mass is 380 g/mol. The minimum Gasteiger partial charge on any atom is -0.453 e. The van der Waals surface area contributed by atoms with Gasteiger partial charge in [-0.25, -0.2) is 9.78 Å². The molecule has 4 rings (SSSR count). The fraction of sp³-hybridized carbons (Fsp3) is 0.100. The van der Waals surface area contributed by atoms with Crippen molar-refractivity contribution >= 4 is 45.6 Å². The second-order valence-corrected chi connectivity index (χ2v) is 6.61. The number of hydrogen-bond acceptors (Lipinski definition) is 4. The summed E-state index contributed by atoms with van der Waals surface area (Å²) in [6.07, 6.45) is 1.28. The SMILES string of the molecule is COC(=O)Nc1cc2c(ccn3c(N)c(-c4ccccc4C)nc23)cc1Cl. The highest BCUT2D eigenvalue weighted by atomic mass is 35.5. The fourth-order valence-corrected chi connectivity index (χ4v) is 3.37. The number of carbonyl (C=O) groups excluding carboxylic acids is 1. The van der Waals surface area contributed by atoms with Crippen LogP contribution < -0.4 is 11.1 Å². The quantitative estimate of drug-likeness (QED) is 0.519. The molecule has 3 N–H and O–H groups in total. The number of anilines is 2. The number of aromatic nitrogens is 2. The Kier molecular flexibility index (Phi) is 4.12. The summed E-state index contributed by atoms with van der Waals surface area (Å²) in [5.74, 6) is 0.554. The number of pyridine rings is 1. The number of imidazole rings is 1. The number of ether oxygens (including phenoxy) is 1. The number of carbonyl (C=O) groups is 1. The Morgan fingerprint density at radius 1 is 1.26 bits per heavy atom. The molecule has 27 heavy (non-hydrogen) atoms. The van der Waals surface area contributed by atoms with Crippen LogP contribution in [-0.2, 0) is 4.74 Å². The van der Waals surface area contributed by atoms with Crippen molar-refractivity contribution in [3.8, 4) is 11.3 Å². The molecule has 7 heteroatoms. The number of nitrogens with zero attached hydrogens (tertiary/aromatic N) is 2. The third kappa shape index (κ3) is 2.84. The molecular weight excluding hydrogens is 364 g/mol. The third-order valence-corrected chi connectivity index (χ3v) is 4.87. The number of benzene rings is 2. The topological polar surface area (TPSA) is 81.6 Å². The lowest BCUT2D eigenvalue weighted by atomic mass is 10.1. The zero-order valence-electron chi connectivity index (χ0n) is 14.8. The first kappa shape index (κ1) is 17.2. The van der Waals surface area contributed by atoms with Gasteiger partial charge in [0.1, 0.15) is 17.2 Å². The van der Waals surface area contributed by atoms with E-state index in [0.717, 1.165) is 27.6 Å². The lowest BCUT2D eigenvalue weighted by molar-refractivity contribution is 0.187. The van der Waals surface area contributed by atoms with E-state index in [9.17, 15) is 4.79 Å². The summed E-state index contributed by atoms with van der Waals surface area (Å²) in [5.41, 5.74) is 10.3. The lowest BCUT2D eigenvalue weighted by Gasteiger charge is -2.09. The number of nitrogen functional groups attached to an aromatic ring is 1. The van der Waals surface area contributed by atoms with E-state index < -0.39 is 6.09 Å². The zero-order chi connectivity index (χ0) is 19.1. The van der Waals surface area contributed by atoms with Crippen molar-refractivity contribution in [2.75, 3.05) is 18.2 Å². The van der Waals surface area contributed by atoms with E-state index in [4.69, 9.17) is 22.3 Å². The molecule has 0 spiro atoms. The summed E-state index contributed by atoms with van der Waals surface area (Å²) in [4.78, 5) is 16.4. The molecule has 0 aliphatic rings. The maximum atomic E-state index is 11.6. The molecule has 0 saturated heterocycles. The molecule has 0 aliphatic carbocycles. The zero-order valence-corrected chi connectivity index (χ0v) is 15.5. The first-order chi connectivity index (χ1) is 13.0. The van der Waals surface area contributed by atoms with Crippen molar-refractivity contribution in [1.29, 1.82) is 0 Å². The number of nitrogens with one attached hydrogen (secondary N) is 1.